The van der Waals surface area contributed by atoms with Crippen LogP contribution in [-0.2, 0) is 0 Å². The average molecular weight is 414 g/mol. The van der Waals surface area contributed by atoms with Crippen LogP contribution in [0.4, 0.5) is 0 Å². The van der Waals surface area contributed by atoms with Crippen LogP contribution in [0.5, 0.6) is 5.75 Å². The van der Waals surface area contributed by atoms with E-state index >= 15 is 0 Å². The molecule has 0 bridgehead atoms. The third-order valence-electron chi connectivity index (χ3n) is 4.23. The Morgan fingerprint density at radius 3 is 2.39 bits per heavy atom. The molecule has 6 nitrogen and oxygen atoms in total. The normalized spacial score (nSPS) is 11.0. The van der Waals surface area contributed by atoms with Gasteiger partial charge in [-0.25, -0.2) is 14.3 Å². The molecule has 0 aliphatic carbocycles. The van der Waals surface area contributed by atoms with Crippen LogP contribution in [0.3, 0.4) is 0 Å². The second-order valence-corrected chi connectivity index (χ2v) is 6.83. The van der Waals surface area contributed by atoms with Crippen molar-refractivity contribution in [2.24, 2.45) is 0 Å². The van der Waals surface area contributed by atoms with E-state index in [9.17, 15) is 9.90 Å². The second-order valence-electron chi connectivity index (χ2n) is 5.99. The van der Waals surface area contributed by atoms with Crippen molar-refractivity contribution in [2.45, 2.75) is 0 Å². The molecule has 0 unspecified atom stereocenters. The van der Waals surface area contributed by atoms with E-state index in [2.05, 4.69) is 10.1 Å². The summed E-state index contributed by atoms with van der Waals surface area (Å²) in [4.78, 5) is 15.9. The van der Waals surface area contributed by atoms with Gasteiger partial charge in [0.1, 0.15) is 5.75 Å². The van der Waals surface area contributed by atoms with E-state index in [1.807, 2.05) is 24.3 Å². The fraction of sp³-hybridized carbons (Fsp3) is 0.0500. The summed E-state index contributed by atoms with van der Waals surface area (Å²) >= 11 is 12.3. The number of halogens is 2. The molecule has 0 aliphatic rings. The maximum Gasteiger partial charge on any atom is 0.356 e. The molecule has 0 saturated heterocycles. The minimum Gasteiger partial charge on any atom is -0.495 e. The summed E-state index contributed by atoms with van der Waals surface area (Å²) in [6.07, 6.45) is 0. The minimum atomic E-state index is -1.13. The molecule has 2 aromatic heterocycles. The van der Waals surface area contributed by atoms with Crippen molar-refractivity contribution in [1.29, 1.82) is 0 Å². The Bertz CT molecular complexity index is 1200. The SMILES string of the molecule is COc1ccc(-c2cc(-c3ccc(Cl)cc3)nc3cc(C(=O)O)nn23)cc1Cl. The molecule has 28 heavy (non-hydrogen) atoms. The Kier molecular flexibility index (Phi) is 4.66. The Balaban J connectivity index is 1.97. The van der Waals surface area contributed by atoms with Crippen molar-refractivity contribution in [1.82, 2.24) is 14.6 Å². The lowest BCUT2D eigenvalue weighted by molar-refractivity contribution is 0.0690. The molecule has 0 amide bonds. The highest BCUT2D eigenvalue weighted by Crippen LogP contribution is 2.32. The van der Waals surface area contributed by atoms with Gasteiger partial charge in [0.2, 0.25) is 0 Å². The number of hydrogen-bond acceptors (Lipinski definition) is 4. The quantitative estimate of drug-likeness (QED) is 0.504. The number of methoxy groups -OCH3 is 1. The standard InChI is InChI=1S/C20H13Cl2N3O3/c1-28-18-7-4-12(8-14(18)22)17-9-15(11-2-5-13(21)6-3-11)23-19-10-16(20(26)27)24-25(17)19/h2-10H,1H3,(H,26,27). The van der Waals surface area contributed by atoms with Crippen LogP contribution < -0.4 is 4.74 Å². The Labute approximate surface area is 169 Å². The Morgan fingerprint density at radius 2 is 1.75 bits per heavy atom. The second kappa shape index (κ2) is 7.14. The minimum absolute atomic E-state index is 0.0957. The first-order chi connectivity index (χ1) is 13.5. The van der Waals surface area contributed by atoms with Crippen LogP contribution in [0.25, 0.3) is 28.2 Å². The van der Waals surface area contributed by atoms with E-state index in [1.165, 1.54) is 17.7 Å². The first kappa shape index (κ1) is 18.3. The number of carboxylic acid groups (broad SMARTS) is 1. The fourth-order valence-corrected chi connectivity index (χ4v) is 3.26. The van der Waals surface area contributed by atoms with Crippen molar-refractivity contribution >= 4 is 34.8 Å². The number of fused-ring (bicyclic) bond motifs is 1. The van der Waals surface area contributed by atoms with Crippen LogP contribution in [-0.4, -0.2) is 32.8 Å². The van der Waals surface area contributed by atoms with Gasteiger partial charge in [0.05, 0.1) is 23.5 Å². The summed E-state index contributed by atoms with van der Waals surface area (Å²) in [6.45, 7) is 0. The molecule has 8 heteroatoms. The number of hydrogen-bond donors (Lipinski definition) is 1. The van der Waals surface area contributed by atoms with Gasteiger partial charge in [-0.3, -0.25) is 0 Å². The molecule has 140 valence electrons. The van der Waals surface area contributed by atoms with Crippen molar-refractivity contribution in [3.63, 3.8) is 0 Å². The largest absolute Gasteiger partial charge is 0.495 e. The summed E-state index contributed by atoms with van der Waals surface area (Å²) in [5.74, 6) is -0.586. The lowest BCUT2D eigenvalue weighted by Crippen LogP contribution is -2.01. The molecule has 2 aromatic carbocycles. The van der Waals surface area contributed by atoms with Gasteiger partial charge in [0.15, 0.2) is 11.3 Å². The van der Waals surface area contributed by atoms with Crippen LogP contribution in [0.15, 0.2) is 54.6 Å². The van der Waals surface area contributed by atoms with E-state index in [0.29, 0.717) is 32.8 Å². The fourth-order valence-electron chi connectivity index (χ4n) is 2.88. The maximum atomic E-state index is 11.4. The monoisotopic (exact) mass is 413 g/mol. The lowest BCUT2D eigenvalue weighted by atomic mass is 10.1. The summed E-state index contributed by atoms with van der Waals surface area (Å²) in [5, 5.41) is 14.5. The van der Waals surface area contributed by atoms with E-state index in [-0.39, 0.29) is 5.69 Å². The van der Waals surface area contributed by atoms with Gasteiger partial charge in [0, 0.05) is 22.2 Å². The highest BCUT2D eigenvalue weighted by Gasteiger charge is 2.16. The number of benzene rings is 2. The molecule has 4 rings (SSSR count). The van der Waals surface area contributed by atoms with E-state index in [0.717, 1.165) is 11.1 Å². The van der Waals surface area contributed by atoms with E-state index < -0.39 is 5.97 Å². The Hall–Kier alpha value is -3.09. The molecule has 1 N–H and O–H groups in total. The van der Waals surface area contributed by atoms with Gasteiger partial charge in [-0.1, -0.05) is 35.3 Å². The number of carboxylic acids is 1. The molecule has 0 spiro atoms. The van der Waals surface area contributed by atoms with Crippen molar-refractivity contribution in [3.8, 4) is 28.3 Å². The number of aromatic nitrogens is 3. The lowest BCUT2D eigenvalue weighted by Gasteiger charge is -2.10. The molecule has 0 aliphatic heterocycles. The van der Waals surface area contributed by atoms with Crippen molar-refractivity contribution in [2.75, 3.05) is 7.11 Å². The van der Waals surface area contributed by atoms with Gasteiger partial charge < -0.3 is 9.84 Å². The summed E-state index contributed by atoms with van der Waals surface area (Å²) in [6, 6.07) is 15.8. The molecule has 0 radical (unpaired) electrons. The van der Waals surface area contributed by atoms with E-state index in [4.69, 9.17) is 27.9 Å². The van der Waals surface area contributed by atoms with Gasteiger partial charge >= 0.3 is 5.97 Å². The molecular formula is C20H13Cl2N3O3. The van der Waals surface area contributed by atoms with Gasteiger partial charge in [-0.2, -0.15) is 5.10 Å². The summed E-state index contributed by atoms with van der Waals surface area (Å²) in [5.41, 5.74) is 3.20. The molecule has 2 heterocycles. The zero-order valence-electron chi connectivity index (χ0n) is 14.6. The van der Waals surface area contributed by atoms with Gasteiger partial charge in [-0.05, 0) is 36.4 Å². The highest BCUT2D eigenvalue weighted by molar-refractivity contribution is 6.32. The highest BCUT2D eigenvalue weighted by atomic mass is 35.5. The number of rotatable bonds is 4. The predicted octanol–water partition coefficient (Wildman–Crippen LogP) is 5.08. The number of nitrogens with zero attached hydrogens (tertiary/aromatic N) is 3. The maximum absolute atomic E-state index is 11.4. The third-order valence-corrected chi connectivity index (χ3v) is 4.78. The first-order valence-corrected chi connectivity index (χ1v) is 8.96. The van der Waals surface area contributed by atoms with Crippen LogP contribution in [0.1, 0.15) is 10.5 Å². The van der Waals surface area contributed by atoms with Crippen molar-refractivity contribution < 1.29 is 14.6 Å². The molecule has 0 atom stereocenters. The summed E-state index contributed by atoms with van der Waals surface area (Å²) < 4.78 is 6.69. The zero-order valence-corrected chi connectivity index (χ0v) is 16.1. The number of ether oxygens (including phenoxy) is 1. The van der Waals surface area contributed by atoms with E-state index in [1.54, 1.807) is 24.3 Å². The molecule has 4 aromatic rings. The van der Waals surface area contributed by atoms with Crippen LogP contribution >= 0.6 is 23.2 Å². The number of aromatic carboxylic acids is 1. The average Bonchev–Trinajstić information content (AvgIpc) is 3.12. The topological polar surface area (TPSA) is 76.7 Å². The third kappa shape index (κ3) is 3.28. The molecule has 0 fully saturated rings. The van der Waals surface area contributed by atoms with Crippen molar-refractivity contribution in [3.05, 3.63) is 70.3 Å². The number of carbonyl (C=O) groups is 1. The zero-order chi connectivity index (χ0) is 19.8. The first-order valence-electron chi connectivity index (χ1n) is 8.20. The molecular weight excluding hydrogens is 401 g/mol. The van der Waals surface area contributed by atoms with Gasteiger partial charge in [-0.15, -0.1) is 0 Å². The van der Waals surface area contributed by atoms with Crippen LogP contribution in [0.2, 0.25) is 10.0 Å². The van der Waals surface area contributed by atoms with Crippen LogP contribution in [0, 0.1) is 0 Å². The predicted molar refractivity (Wildman–Crippen MR) is 107 cm³/mol. The smallest absolute Gasteiger partial charge is 0.356 e. The Morgan fingerprint density at radius 1 is 1.04 bits per heavy atom. The van der Waals surface area contributed by atoms with Gasteiger partial charge in [0.25, 0.3) is 0 Å². The molecule has 0 saturated carbocycles. The summed E-state index contributed by atoms with van der Waals surface area (Å²) in [7, 11) is 1.54.